The van der Waals surface area contributed by atoms with Crippen LogP contribution in [0.25, 0.3) is 109 Å². The number of anilines is 4. The first kappa shape index (κ1) is 42.6. The van der Waals surface area contributed by atoms with Crippen molar-refractivity contribution in [2.75, 3.05) is 16.3 Å². The molecule has 0 bridgehead atoms. The highest BCUT2D eigenvalue weighted by Gasteiger charge is 2.29. The second-order valence-electron chi connectivity index (χ2n) is 19.4. The molecule has 0 aliphatic carbocycles. The van der Waals surface area contributed by atoms with Crippen LogP contribution in [0.3, 0.4) is 0 Å². The van der Waals surface area contributed by atoms with Gasteiger partial charge in [-0.25, -0.2) is 0 Å². The van der Waals surface area contributed by atoms with Crippen molar-refractivity contribution < 1.29 is 0 Å². The van der Waals surface area contributed by atoms with Crippen molar-refractivity contribution in [1.29, 1.82) is 0 Å². The number of nitrogens with zero attached hydrogens (tertiary/aromatic N) is 2. The van der Waals surface area contributed by atoms with Gasteiger partial charge in [-0.3, -0.25) is 0 Å². The van der Waals surface area contributed by atoms with Crippen LogP contribution in [0.4, 0.5) is 22.7 Å². The third-order valence-corrected chi connectivity index (χ3v) is 15.4. The Morgan fingerprint density at radius 1 is 0.274 bits per heavy atom. The monoisotopic (exact) mass is 930 g/mol. The SMILES string of the molecule is CCN(Cc1ccc2c3c(-c4cccc(-c5ccccc5)c4)c4c5cccc6c(N(c7ccccc7)c7ccccc7)ccc(c4c(-c4cccc(-c7ccccc7)c4)c3c3cccc1c23)c65)c1ccccc1. The van der Waals surface area contributed by atoms with Crippen molar-refractivity contribution in [3.05, 3.63) is 266 Å². The standard InChI is InChI=1S/C71H50N2/c1-2-72(54-30-12-5-13-31-54)46-53-40-41-61-66-57(53)36-20-38-59(66)68-64(51-28-18-26-49(44-51)47-22-8-3-9-23-47)71-62-42-43-63(73(55-32-14-6-15-33-55)56-34-16-7-17-35-56)58-37-21-39-60(67(58)62)69(71)65(70(61)68)52-29-19-27-50(45-52)48-24-10-4-11-25-48/h3-45H,2,46H2,1H3. The van der Waals surface area contributed by atoms with Gasteiger partial charge in [0.2, 0.25) is 0 Å². The van der Waals surface area contributed by atoms with Crippen LogP contribution in [-0.2, 0) is 6.54 Å². The van der Waals surface area contributed by atoms with Gasteiger partial charge in [0, 0.05) is 35.5 Å². The van der Waals surface area contributed by atoms with Crippen LogP contribution in [0.15, 0.2) is 261 Å². The highest BCUT2D eigenvalue weighted by Crippen LogP contribution is 2.57. The molecule has 0 radical (unpaired) electrons. The smallest absolute Gasteiger partial charge is 0.0540 e. The van der Waals surface area contributed by atoms with E-state index in [9.17, 15) is 0 Å². The predicted molar refractivity (Wildman–Crippen MR) is 313 cm³/mol. The van der Waals surface area contributed by atoms with Gasteiger partial charge >= 0.3 is 0 Å². The molecule has 0 aliphatic rings. The van der Waals surface area contributed by atoms with Gasteiger partial charge < -0.3 is 9.80 Å². The van der Waals surface area contributed by atoms with E-state index in [1.165, 1.54) is 120 Å². The molecular formula is C71H50N2. The van der Waals surface area contributed by atoms with Crippen LogP contribution >= 0.6 is 0 Å². The lowest BCUT2D eigenvalue weighted by atomic mass is 9.86. The highest BCUT2D eigenvalue weighted by atomic mass is 15.1. The maximum atomic E-state index is 2.49. The summed E-state index contributed by atoms with van der Waals surface area (Å²) < 4.78 is 0. The lowest BCUT2D eigenvalue weighted by Crippen LogP contribution is -2.21. The summed E-state index contributed by atoms with van der Waals surface area (Å²) in [7, 11) is 0. The van der Waals surface area contributed by atoms with Crippen LogP contribution in [-0.4, -0.2) is 6.54 Å². The molecule has 0 unspecified atom stereocenters. The number of hydrogen-bond acceptors (Lipinski definition) is 2. The summed E-state index contributed by atoms with van der Waals surface area (Å²) in [5.41, 5.74) is 15.8. The fourth-order valence-electron chi connectivity index (χ4n) is 12.2. The van der Waals surface area contributed by atoms with E-state index >= 15 is 0 Å². The normalized spacial score (nSPS) is 11.7. The highest BCUT2D eigenvalue weighted by molar-refractivity contribution is 6.47. The molecule has 73 heavy (non-hydrogen) atoms. The fourth-order valence-corrected chi connectivity index (χ4v) is 12.2. The van der Waals surface area contributed by atoms with E-state index in [-0.39, 0.29) is 0 Å². The summed E-state index contributed by atoms with van der Waals surface area (Å²) in [6.45, 7) is 3.98. The minimum atomic E-state index is 0.812. The van der Waals surface area contributed by atoms with E-state index in [2.05, 4.69) is 278 Å². The zero-order chi connectivity index (χ0) is 48.4. The van der Waals surface area contributed by atoms with E-state index < -0.39 is 0 Å². The molecule has 2 nitrogen and oxygen atoms in total. The quantitative estimate of drug-likeness (QED) is 0.128. The van der Waals surface area contributed by atoms with E-state index in [1.54, 1.807) is 0 Å². The molecule has 0 atom stereocenters. The largest absolute Gasteiger partial charge is 0.367 e. The Hall–Kier alpha value is -9.24. The lowest BCUT2D eigenvalue weighted by molar-refractivity contribution is 0.837. The Balaban J connectivity index is 1.16. The molecule has 344 valence electrons. The van der Waals surface area contributed by atoms with Gasteiger partial charge in [-0.1, -0.05) is 206 Å². The average Bonchev–Trinajstić information content (AvgIpc) is 3.98. The minimum Gasteiger partial charge on any atom is -0.367 e. The number of rotatable bonds is 11. The summed E-state index contributed by atoms with van der Waals surface area (Å²) in [6.07, 6.45) is 0. The topological polar surface area (TPSA) is 6.48 Å². The van der Waals surface area contributed by atoms with Gasteiger partial charge in [0.1, 0.15) is 0 Å². The fraction of sp³-hybridized carbons (Fsp3) is 0.0423. The van der Waals surface area contributed by atoms with Gasteiger partial charge in [-0.2, -0.15) is 0 Å². The number of fused-ring (bicyclic) bond motifs is 6. The maximum absolute atomic E-state index is 2.49. The number of para-hydroxylation sites is 3. The van der Waals surface area contributed by atoms with E-state index in [0.29, 0.717) is 0 Å². The van der Waals surface area contributed by atoms with Crippen molar-refractivity contribution in [2.45, 2.75) is 13.5 Å². The maximum Gasteiger partial charge on any atom is 0.0540 e. The molecule has 14 rings (SSSR count). The first-order valence-electron chi connectivity index (χ1n) is 25.6. The predicted octanol–water partition coefficient (Wildman–Crippen LogP) is 19.6. The second-order valence-corrected chi connectivity index (χ2v) is 19.4. The molecule has 0 spiro atoms. The van der Waals surface area contributed by atoms with Crippen molar-refractivity contribution in [3.63, 3.8) is 0 Å². The molecule has 0 heterocycles. The summed E-state index contributed by atoms with van der Waals surface area (Å²) in [4.78, 5) is 4.91. The third-order valence-electron chi connectivity index (χ3n) is 15.4. The van der Waals surface area contributed by atoms with Crippen LogP contribution in [0.1, 0.15) is 12.5 Å². The van der Waals surface area contributed by atoms with E-state index in [1.807, 2.05) is 0 Å². The summed E-state index contributed by atoms with van der Waals surface area (Å²) >= 11 is 0. The first-order valence-corrected chi connectivity index (χ1v) is 25.6. The van der Waals surface area contributed by atoms with Gasteiger partial charge in [0.25, 0.3) is 0 Å². The number of hydrogen-bond donors (Lipinski definition) is 0. The van der Waals surface area contributed by atoms with Crippen LogP contribution < -0.4 is 9.80 Å². The summed E-state index contributed by atoms with van der Waals surface area (Å²) in [5.74, 6) is 0. The zero-order valence-corrected chi connectivity index (χ0v) is 40.6. The van der Waals surface area contributed by atoms with Gasteiger partial charge in [0.15, 0.2) is 0 Å². The Bertz CT molecular complexity index is 4120. The summed E-state index contributed by atoms with van der Waals surface area (Å²) in [6, 6.07) is 96.6. The van der Waals surface area contributed by atoms with Crippen LogP contribution in [0, 0.1) is 0 Å². The average molecular weight is 931 g/mol. The van der Waals surface area contributed by atoms with Crippen molar-refractivity contribution >= 4 is 87.4 Å². The molecular weight excluding hydrogens is 881 g/mol. The zero-order valence-electron chi connectivity index (χ0n) is 40.6. The van der Waals surface area contributed by atoms with Crippen LogP contribution in [0.2, 0.25) is 0 Å². The minimum absolute atomic E-state index is 0.812. The Labute approximate surface area is 425 Å². The van der Waals surface area contributed by atoms with Gasteiger partial charge in [-0.05, 0) is 171 Å². The Kier molecular flexibility index (Phi) is 10.3. The van der Waals surface area contributed by atoms with Crippen LogP contribution in [0.5, 0.6) is 0 Å². The first-order chi connectivity index (χ1) is 36.2. The molecule has 0 N–H and O–H groups in total. The molecule has 0 aromatic heterocycles. The van der Waals surface area contributed by atoms with Crippen molar-refractivity contribution in [2.24, 2.45) is 0 Å². The molecule has 14 aromatic carbocycles. The number of benzene rings is 12. The molecule has 0 saturated carbocycles. The van der Waals surface area contributed by atoms with E-state index in [0.717, 1.165) is 30.2 Å². The molecule has 0 fully saturated rings. The van der Waals surface area contributed by atoms with Gasteiger partial charge in [-0.15, -0.1) is 0 Å². The van der Waals surface area contributed by atoms with E-state index in [4.69, 9.17) is 0 Å². The molecule has 0 saturated heterocycles. The molecule has 2 heteroatoms. The molecule has 0 amide bonds. The Morgan fingerprint density at radius 3 is 1.14 bits per heavy atom. The third kappa shape index (κ3) is 6.94. The Morgan fingerprint density at radius 2 is 0.644 bits per heavy atom. The molecule has 14 aromatic rings. The second kappa shape index (κ2) is 17.6. The lowest BCUT2D eigenvalue weighted by Gasteiger charge is -2.27. The van der Waals surface area contributed by atoms with Gasteiger partial charge in [0.05, 0.1) is 5.69 Å². The summed E-state index contributed by atoms with van der Waals surface area (Å²) in [5, 5.41) is 15.4. The van der Waals surface area contributed by atoms with Crippen molar-refractivity contribution in [1.82, 2.24) is 0 Å². The molecule has 0 aliphatic heterocycles. The van der Waals surface area contributed by atoms with Crippen molar-refractivity contribution in [3.8, 4) is 44.5 Å².